The summed E-state index contributed by atoms with van der Waals surface area (Å²) in [5, 5.41) is 2.03. The van der Waals surface area contributed by atoms with Crippen LogP contribution < -0.4 is 4.57 Å². The highest BCUT2D eigenvalue weighted by molar-refractivity contribution is 7.13. The van der Waals surface area contributed by atoms with Gasteiger partial charge in [-0.2, -0.15) is 4.57 Å². The molecule has 0 spiro atoms. The second-order valence-electron chi connectivity index (χ2n) is 8.47. The fourth-order valence-electron chi connectivity index (χ4n) is 4.27. The van der Waals surface area contributed by atoms with Crippen LogP contribution in [0.1, 0.15) is 5.56 Å². The molecule has 0 aliphatic heterocycles. The van der Waals surface area contributed by atoms with Gasteiger partial charge >= 0.3 is 0 Å². The Bertz CT molecular complexity index is 1690. The molecule has 176 valence electrons. The Kier molecular flexibility index (Phi) is 5.62. The average molecular weight is 499 g/mol. The van der Waals surface area contributed by atoms with E-state index < -0.39 is 11.6 Å². The highest BCUT2D eigenvalue weighted by Crippen LogP contribution is 2.29. The van der Waals surface area contributed by atoms with E-state index in [-0.39, 0.29) is 17.2 Å². The van der Waals surface area contributed by atoms with Crippen molar-refractivity contribution in [3.05, 3.63) is 120 Å². The molecule has 6 rings (SSSR count). The van der Waals surface area contributed by atoms with Crippen LogP contribution in [0.5, 0.6) is 0 Å². The van der Waals surface area contributed by atoms with Crippen LogP contribution in [0.25, 0.3) is 44.0 Å². The maximum atomic E-state index is 15.0. The van der Waals surface area contributed by atoms with Gasteiger partial charge in [0.05, 0.1) is 5.56 Å². The van der Waals surface area contributed by atoms with E-state index in [0.717, 1.165) is 22.8 Å². The van der Waals surface area contributed by atoms with Crippen molar-refractivity contribution in [2.24, 2.45) is 0 Å². The van der Waals surface area contributed by atoms with Crippen LogP contribution >= 0.6 is 11.3 Å². The molecule has 3 heterocycles. The molecule has 0 atom stereocenters. The molecule has 7 heteroatoms. The Hall–Kier alpha value is -4.23. The number of rotatable bonds is 5. The van der Waals surface area contributed by atoms with Gasteiger partial charge in [0, 0.05) is 22.1 Å². The van der Waals surface area contributed by atoms with E-state index in [0.29, 0.717) is 23.1 Å². The number of aromatic amines is 1. The minimum atomic E-state index is -0.943. The number of thiophene rings is 1. The molecule has 0 aliphatic carbocycles. The predicted octanol–water partition coefficient (Wildman–Crippen LogP) is 7.38. The maximum absolute atomic E-state index is 15.0. The van der Waals surface area contributed by atoms with Gasteiger partial charge in [-0.05, 0) is 40.8 Å². The van der Waals surface area contributed by atoms with Crippen LogP contribution in [0.4, 0.5) is 13.2 Å². The van der Waals surface area contributed by atoms with Crippen LogP contribution in [-0.4, -0.2) is 9.97 Å². The lowest BCUT2D eigenvalue weighted by atomic mass is 10.0. The summed E-state index contributed by atoms with van der Waals surface area (Å²) >= 11 is 1.67. The molecule has 6 aromatic rings. The average Bonchev–Trinajstić information content (AvgIpc) is 3.56. The lowest BCUT2D eigenvalue weighted by Crippen LogP contribution is -2.33. The summed E-state index contributed by atoms with van der Waals surface area (Å²) in [5.74, 6) is -1.91. The topological polar surface area (TPSA) is 32.6 Å². The van der Waals surface area contributed by atoms with Crippen LogP contribution in [0.15, 0.2) is 96.6 Å². The third-order valence-corrected chi connectivity index (χ3v) is 7.01. The fourth-order valence-corrected chi connectivity index (χ4v) is 5.01. The zero-order valence-corrected chi connectivity index (χ0v) is 19.7. The summed E-state index contributed by atoms with van der Waals surface area (Å²) in [5.41, 5.74) is 4.64. The zero-order valence-electron chi connectivity index (χ0n) is 18.9. The summed E-state index contributed by atoms with van der Waals surface area (Å²) in [6.07, 6.45) is 3.64. The summed E-state index contributed by atoms with van der Waals surface area (Å²) < 4.78 is 44.7. The van der Waals surface area contributed by atoms with E-state index in [1.807, 2.05) is 58.7 Å². The Labute approximate surface area is 209 Å². The Morgan fingerprint density at radius 3 is 2.42 bits per heavy atom. The molecule has 0 bridgehead atoms. The lowest BCUT2D eigenvalue weighted by Gasteiger charge is -2.07. The number of H-pyrrole nitrogens is 1. The number of benzene rings is 3. The molecule has 3 nitrogen and oxygen atoms in total. The monoisotopic (exact) mass is 498 g/mol. The largest absolute Gasteiger partial charge is 0.333 e. The number of hydrogen-bond donors (Lipinski definition) is 1. The first-order chi connectivity index (χ1) is 17.5. The second kappa shape index (κ2) is 9.09. The molecular formula is C29H19F3N3S+. The van der Waals surface area contributed by atoms with E-state index in [1.165, 1.54) is 17.0 Å². The number of nitrogens with zero attached hydrogens (tertiary/aromatic N) is 2. The van der Waals surface area contributed by atoms with Crippen molar-refractivity contribution in [2.45, 2.75) is 6.54 Å². The summed E-state index contributed by atoms with van der Waals surface area (Å²) in [6.45, 7) is 0.438. The smallest absolute Gasteiger partial charge is 0.195 e. The third-order valence-electron chi connectivity index (χ3n) is 6.09. The van der Waals surface area contributed by atoms with Crippen molar-refractivity contribution in [3.63, 3.8) is 0 Å². The van der Waals surface area contributed by atoms with Gasteiger partial charge in [-0.3, -0.25) is 0 Å². The van der Waals surface area contributed by atoms with Gasteiger partial charge < -0.3 is 4.98 Å². The normalized spacial score (nSPS) is 11.3. The summed E-state index contributed by atoms with van der Waals surface area (Å²) in [7, 11) is 0. The quantitative estimate of drug-likeness (QED) is 0.247. The van der Waals surface area contributed by atoms with Crippen molar-refractivity contribution in [1.82, 2.24) is 9.97 Å². The van der Waals surface area contributed by atoms with E-state index in [1.54, 1.807) is 29.5 Å². The van der Waals surface area contributed by atoms with Crippen LogP contribution in [0, 0.1) is 17.5 Å². The number of fused-ring (bicyclic) bond motifs is 1. The van der Waals surface area contributed by atoms with Crippen LogP contribution in [-0.2, 0) is 6.54 Å². The number of nitrogens with one attached hydrogen (secondary N) is 1. The van der Waals surface area contributed by atoms with Gasteiger partial charge in [0.1, 0.15) is 22.7 Å². The molecule has 0 saturated carbocycles. The van der Waals surface area contributed by atoms with E-state index in [4.69, 9.17) is 0 Å². The number of aromatic nitrogens is 3. The van der Waals surface area contributed by atoms with Gasteiger partial charge in [-0.15, -0.1) is 11.3 Å². The molecule has 0 fully saturated rings. The van der Waals surface area contributed by atoms with Crippen molar-refractivity contribution >= 4 is 22.4 Å². The molecule has 3 aromatic heterocycles. The minimum Gasteiger partial charge on any atom is -0.333 e. The molecule has 0 aliphatic rings. The molecule has 0 unspecified atom stereocenters. The molecule has 0 radical (unpaired) electrons. The van der Waals surface area contributed by atoms with Gasteiger partial charge in [0.25, 0.3) is 0 Å². The Morgan fingerprint density at radius 2 is 1.64 bits per heavy atom. The molecule has 3 aromatic carbocycles. The third kappa shape index (κ3) is 4.18. The first kappa shape index (κ1) is 22.2. The van der Waals surface area contributed by atoms with Crippen molar-refractivity contribution in [2.75, 3.05) is 0 Å². The molecule has 0 amide bonds. The van der Waals surface area contributed by atoms with Gasteiger partial charge in [-0.25, -0.2) is 18.2 Å². The van der Waals surface area contributed by atoms with Crippen molar-refractivity contribution in [1.29, 1.82) is 0 Å². The van der Waals surface area contributed by atoms with E-state index in [9.17, 15) is 8.78 Å². The highest BCUT2D eigenvalue weighted by atomic mass is 32.1. The number of imidazole rings is 1. The Morgan fingerprint density at radius 1 is 0.806 bits per heavy atom. The van der Waals surface area contributed by atoms with Crippen LogP contribution in [0.3, 0.4) is 0 Å². The number of hydrogen-bond acceptors (Lipinski definition) is 2. The fraction of sp³-hybridized carbons (Fsp3) is 0.0345. The first-order valence-electron chi connectivity index (χ1n) is 11.3. The standard InChI is InChI=1S/C29H18F3N3S/c30-23-4-1-3-22(28(23)32)29-33-25-12-13-35(17-26(25)34-29)16-18-6-11-21(24(31)15-18)19-7-9-20(10-8-19)27-5-2-14-36-27/h1-15,17H,16H2/p+1. The number of pyridine rings is 1. The minimum absolute atomic E-state index is 0.0684. The molecule has 36 heavy (non-hydrogen) atoms. The molecular weight excluding hydrogens is 479 g/mol. The Balaban J connectivity index is 1.24. The zero-order chi connectivity index (χ0) is 24.6. The molecule has 1 N–H and O–H groups in total. The van der Waals surface area contributed by atoms with Crippen molar-refractivity contribution in [3.8, 4) is 33.0 Å². The van der Waals surface area contributed by atoms with Gasteiger partial charge in [-0.1, -0.05) is 48.5 Å². The van der Waals surface area contributed by atoms with E-state index >= 15 is 4.39 Å². The first-order valence-corrected chi connectivity index (χ1v) is 12.2. The van der Waals surface area contributed by atoms with Gasteiger partial charge in [0.2, 0.25) is 0 Å². The lowest BCUT2D eigenvalue weighted by molar-refractivity contribution is -0.687. The van der Waals surface area contributed by atoms with Gasteiger partial charge in [0.15, 0.2) is 30.6 Å². The highest BCUT2D eigenvalue weighted by Gasteiger charge is 2.16. The summed E-state index contributed by atoms with van der Waals surface area (Å²) in [6, 6.07) is 23.0. The van der Waals surface area contributed by atoms with Crippen LogP contribution in [0.2, 0.25) is 0 Å². The number of halogens is 3. The SMILES string of the molecule is Fc1cc(C[n+]2ccc3nc(-c4cccc(F)c4F)[nH]c3c2)ccc1-c1ccc(-c2cccs2)cc1. The van der Waals surface area contributed by atoms with E-state index in [2.05, 4.69) is 16.0 Å². The summed E-state index contributed by atoms with van der Waals surface area (Å²) in [4.78, 5) is 8.61. The van der Waals surface area contributed by atoms with Crippen molar-refractivity contribution < 1.29 is 17.7 Å². The predicted molar refractivity (Wildman–Crippen MR) is 136 cm³/mol. The second-order valence-corrected chi connectivity index (χ2v) is 9.42. The maximum Gasteiger partial charge on any atom is 0.195 e. The molecule has 0 saturated heterocycles.